The van der Waals surface area contributed by atoms with Gasteiger partial charge < -0.3 is 9.80 Å². The molecule has 0 aliphatic heterocycles. The Morgan fingerprint density at radius 3 is 1.54 bits per heavy atom. The van der Waals surface area contributed by atoms with E-state index in [1.165, 1.54) is 80.7 Å². The molecule has 3 heteroatoms. The van der Waals surface area contributed by atoms with E-state index in [0.29, 0.717) is 0 Å². The number of fused-ring (bicyclic) bond motifs is 8. The van der Waals surface area contributed by atoms with Crippen LogP contribution in [-0.2, 0) is 5.41 Å². The van der Waals surface area contributed by atoms with Crippen LogP contribution < -0.4 is 9.80 Å². The monoisotopic (exact) mass is 962 g/mol. The summed E-state index contributed by atoms with van der Waals surface area (Å²) in [7, 11) is 0. The smallest absolute Gasteiger partial charge is 0.0540 e. The number of hydrogen-bond donors (Lipinski definition) is 0. The zero-order valence-electron chi connectivity index (χ0n) is 41.2. The third kappa shape index (κ3) is 7.47. The van der Waals surface area contributed by atoms with Gasteiger partial charge in [-0.25, -0.2) is 0 Å². The molecule has 0 saturated carbocycles. The van der Waals surface area contributed by atoms with Crippen LogP contribution in [0.4, 0.5) is 34.1 Å². The third-order valence-electron chi connectivity index (χ3n) is 15.3. The molecule has 0 spiro atoms. The van der Waals surface area contributed by atoms with E-state index in [1.807, 2.05) is 11.3 Å². The highest BCUT2D eigenvalue weighted by Crippen LogP contribution is 2.52. The van der Waals surface area contributed by atoms with Crippen molar-refractivity contribution in [1.29, 1.82) is 0 Å². The summed E-state index contributed by atoms with van der Waals surface area (Å²) in [5, 5.41) is 7.45. The molecule has 14 rings (SSSR count). The zero-order chi connectivity index (χ0) is 49.3. The minimum absolute atomic E-state index is 0.208. The predicted molar refractivity (Wildman–Crippen MR) is 318 cm³/mol. The minimum Gasteiger partial charge on any atom is -0.310 e. The van der Waals surface area contributed by atoms with Crippen molar-refractivity contribution in [2.45, 2.75) is 19.3 Å². The average Bonchev–Trinajstić information content (AvgIpc) is 3.95. The summed E-state index contributed by atoms with van der Waals surface area (Å²) in [6, 6.07) is 98.9. The molecule has 0 saturated heterocycles. The third-order valence-corrected chi connectivity index (χ3v) is 16.5. The first-order chi connectivity index (χ1) is 36.4. The molecule has 0 fully saturated rings. The van der Waals surface area contributed by atoms with Gasteiger partial charge in [-0.1, -0.05) is 184 Å². The lowest BCUT2D eigenvalue weighted by molar-refractivity contribution is 0.661. The number of thiophene rings is 1. The molecule has 0 unspecified atom stereocenters. The van der Waals surface area contributed by atoms with Crippen LogP contribution in [-0.4, -0.2) is 0 Å². The van der Waals surface area contributed by atoms with Gasteiger partial charge in [0.25, 0.3) is 0 Å². The zero-order valence-corrected chi connectivity index (χ0v) is 42.0. The first-order valence-electron chi connectivity index (χ1n) is 25.6. The molecule has 0 bridgehead atoms. The quantitative estimate of drug-likeness (QED) is 0.142. The highest BCUT2D eigenvalue weighted by Gasteiger charge is 2.36. The number of hydrogen-bond acceptors (Lipinski definition) is 3. The fourth-order valence-corrected chi connectivity index (χ4v) is 12.8. The second-order valence-corrected chi connectivity index (χ2v) is 21.2. The Bertz CT molecular complexity index is 4220. The lowest BCUT2D eigenvalue weighted by Crippen LogP contribution is -2.15. The summed E-state index contributed by atoms with van der Waals surface area (Å²) in [6.07, 6.45) is 0. The van der Waals surface area contributed by atoms with Crippen LogP contribution >= 0.6 is 11.3 Å². The molecular formula is C71H50N2S. The molecule has 0 radical (unpaired) electrons. The maximum atomic E-state index is 2.50. The van der Waals surface area contributed by atoms with Gasteiger partial charge >= 0.3 is 0 Å². The van der Waals surface area contributed by atoms with E-state index in [1.54, 1.807) is 0 Å². The van der Waals surface area contributed by atoms with Gasteiger partial charge in [-0.2, -0.15) is 0 Å². The summed E-state index contributed by atoms with van der Waals surface area (Å²) in [5.74, 6) is 0. The first-order valence-corrected chi connectivity index (χ1v) is 26.4. The van der Waals surface area contributed by atoms with E-state index >= 15 is 0 Å². The molecule has 1 heterocycles. The molecule has 0 amide bonds. The lowest BCUT2D eigenvalue weighted by atomic mass is 9.81. The van der Waals surface area contributed by atoms with Gasteiger partial charge in [0.15, 0.2) is 0 Å². The minimum atomic E-state index is -0.208. The molecule has 13 aromatic rings. The largest absolute Gasteiger partial charge is 0.310 e. The normalized spacial score (nSPS) is 12.6. The van der Waals surface area contributed by atoms with Crippen molar-refractivity contribution in [3.8, 4) is 44.5 Å². The van der Waals surface area contributed by atoms with E-state index in [9.17, 15) is 0 Å². The van der Waals surface area contributed by atoms with Gasteiger partial charge in [-0.3, -0.25) is 0 Å². The fourth-order valence-electron chi connectivity index (χ4n) is 11.7. The second-order valence-electron chi connectivity index (χ2n) is 20.2. The number of para-hydroxylation sites is 1. The molecule has 74 heavy (non-hydrogen) atoms. The van der Waals surface area contributed by atoms with E-state index in [-0.39, 0.29) is 5.41 Å². The molecule has 350 valence electrons. The van der Waals surface area contributed by atoms with Crippen molar-refractivity contribution in [1.82, 2.24) is 0 Å². The van der Waals surface area contributed by atoms with Gasteiger partial charge in [-0.05, 0) is 169 Å². The Balaban J connectivity index is 1.06. The summed E-state index contributed by atoms with van der Waals surface area (Å²) >= 11 is 1.86. The summed E-state index contributed by atoms with van der Waals surface area (Å²) in [4.78, 5) is 4.96. The number of anilines is 6. The number of nitrogens with zero attached hydrogens (tertiary/aromatic N) is 2. The van der Waals surface area contributed by atoms with Crippen molar-refractivity contribution in [2.24, 2.45) is 0 Å². The Morgan fingerprint density at radius 2 is 0.824 bits per heavy atom. The molecule has 2 nitrogen and oxygen atoms in total. The average molecular weight is 963 g/mol. The highest BCUT2D eigenvalue weighted by molar-refractivity contribution is 7.25. The Kier molecular flexibility index (Phi) is 10.4. The van der Waals surface area contributed by atoms with E-state index in [0.717, 1.165) is 50.8 Å². The Morgan fingerprint density at radius 1 is 0.284 bits per heavy atom. The first kappa shape index (κ1) is 43.7. The van der Waals surface area contributed by atoms with Crippen molar-refractivity contribution in [3.05, 3.63) is 278 Å². The summed E-state index contributed by atoms with van der Waals surface area (Å²) in [5.41, 5.74) is 18.6. The van der Waals surface area contributed by atoms with Crippen molar-refractivity contribution >= 4 is 87.2 Å². The SMILES string of the molecule is CC1(C)c2cc(-c3cc(N(c4cc(-c5ccccc5)cc(-c5ccccc5)c4)c4ccc5sc6ccccc6c5c4)cc(N(c4ccccc4)c4cccc5ccccc45)c3)ccc2-c2cc3ccccc3cc21. The Hall–Kier alpha value is -9.02. The topological polar surface area (TPSA) is 6.48 Å². The van der Waals surface area contributed by atoms with Crippen LogP contribution in [0.3, 0.4) is 0 Å². The van der Waals surface area contributed by atoms with Crippen molar-refractivity contribution in [2.75, 3.05) is 9.80 Å². The maximum absolute atomic E-state index is 2.50. The highest BCUT2D eigenvalue weighted by atomic mass is 32.1. The van der Waals surface area contributed by atoms with Crippen LogP contribution in [0.1, 0.15) is 25.0 Å². The Labute approximate surface area is 436 Å². The van der Waals surface area contributed by atoms with Gasteiger partial charge in [-0.15, -0.1) is 11.3 Å². The molecule has 1 aliphatic carbocycles. The molecule has 1 aliphatic rings. The summed E-state index contributed by atoms with van der Waals surface area (Å²) in [6.45, 7) is 4.79. The van der Waals surface area contributed by atoms with Crippen LogP contribution in [0, 0.1) is 0 Å². The predicted octanol–water partition coefficient (Wildman–Crippen LogP) is 20.6. The van der Waals surface area contributed by atoms with Crippen LogP contribution in [0.25, 0.3) is 86.2 Å². The van der Waals surface area contributed by atoms with Crippen LogP contribution in [0.15, 0.2) is 267 Å². The molecular weight excluding hydrogens is 913 g/mol. The van der Waals surface area contributed by atoms with Crippen molar-refractivity contribution < 1.29 is 0 Å². The van der Waals surface area contributed by atoms with Crippen LogP contribution in [0.5, 0.6) is 0 Å². The standard InChI is InChI=1S/C71H50N2S/c1-71(2)66-44-52(33-35-62(66)64-42-50-24-12-13-25-51(50)43-67(64)71)55-40-59(45-60(41-55)73(56-27-10-5-11-28-56)68-31-18-26-49-23-14-15-29-61(49)68)72(57-34-36-70-65(46-57)63-30-16-17-32-69(63)74-70)58-38-53(47-19-6-3-7-20-47)37-54(39-58)48-21-8-4-9-22-48/h3-46H,1-2H3. The summed E-state index contributed by atoms with van der Waals surface area (Å²) < 4.78 is 2.56. The lowest BCUT2D eigenvalue weighted by Gasteiger charge is -2.31. The van der Waals surface area contributed by atoms with Gasteiger partial charge in [0.2, 0.25) is 0 Å². The maximum Gasteiger partial charge on any atom is 0.0540 e. The molecule has 12 aromatic carbocycles. The molecule has 0 atom stereocenters. The second kappa shape index (κ2) is 17.6. The number of rotatable bonds is 9. The number of benzene rings is 12. The molecule has 1 aromatic heterocycles. The van der Waals surface area contributed by atoms with Gasteiger partial charge in [0.1, 0.15) is 0 Å². The van der Waals surface area contributed by atoms with E-state index < -0.39 is 0 Å². The fraction of sp³-hybridized carbons (Fsp3) is 0.0423. The van der Waals surface area contributed by atoms with Gasteiger partial charge in [0, 0.05) is 59.4 Å². The van der Waals surface area contributed by atoms with Crippen molar-refractivity contribution in [3.63, 3.8) is 0 Å². The van der Waals surface area contributed by atoms with Gasteiger partial charge in [0.05, 0.1) is 5.69 Å². The van der Waals surface area contributed by atoms with E-state index in [4.69, 9.17) is 0 Å². The van der Waals surface area contributed by atoms with Crippen LogP contribution in [0.2, 0.25) is 0 Å². The molecule has 0 N–H and O–H groups in total. The van der Waals surface area contributed by atoms with E-state index in [2.05, 4.69) is 291 Å².